The van der Waals surface area contributed by atoms with Gasteiger partial charge in [0.25, 0.3) is 0 Å². The zero-order chi connectivity index (χ0) is 21.9. The van der Waals surface area contributed by atoms with E-state index >= 15 is 0 Å². The van der Waals surface area contributed by atoms with Gasteiger partial charge in [-0.15, -0.1) is 0 Å². The molecule has 1 aliphatic rings. The molecule has 9 nitrogen and oxygen atoms in total. The number of hydrogen-bond donors (Lipinski definition) is 0. The minimum Gasteiger partial charge on any atom is -0.478 e. The molecule has 0 aliphatic carbocycles. The summed E-state index contributed by atoms with van der Waals surface area (Å²) in [6.45, 7) is 4.14. The Balaban J connectivity index is 1.83. The number of morpholine rings is 1. The first-order chi connectivity index (χ1) is 14.2. The number of rotatable bonds is 7. The Labute approximate surface area is 174 Å². The van der Waals surface area contributed by atoms with E-state index in [-0.39, 0.29) is 42.7 Å². The molecule has 1 heterocycles. The Morgan fingerprint density at radius 3 is 2.53 bits per heavy atom. The summed E-state index contributed by atoms with van der Waals surface area (Å²) >= 11 is 0. The quantitative estimate of drug-likeness (QED) is 0.373. The first kappa shape index (κ1) is 21.9. The van der Waals surface area contributed by atoms with E-state index in [1.165, 1.54) is 16.4 Å². The third-order valence-corrected chi connectivity index (χ3v) is 6.68. The molecule has 0 radical (unpaired) electrons. The second-order valence-electron chi connectivity index (χ2n) is 6.93. The van der Waals surface area contributed by atoms with E-state index in [9.17, 15) is 23.3 Å². The first-order valence-corrected chi connectivity index (χ1v) is 10.7. The van der Waals surface area contributed by atoms with Gasteiger partial charge >= 0.3 is 5.69 Å². The van der Waals surface area contributed by atoms with Crippen molar-refractivity contribution in [3.8, 4) is 5.75 Å². The van der Waals surface area contributed by atoms with Gasteiger partial charge in [0.1, 0.15) is 0 Å². The summed E-state index contributed by atoms with van der Waals surface area (Å²) in [6.07, 6.45) is 0. The summed E-state index contributed by atoms with van der Waals surface area (Å²) < 4.78 is 37.3. The molecule has 0 spiro atoms. The highest BCUT2D eigenvalue weighted by molar-refractivity contribution is 7.89. The molecule has 10 heteroatoms. The van der Waals surface area contributed by atoms with Crippen LogP contribution >= 0.6 is 0 Å². The lowest BCUT2D eigenvalue weighted by Gasteiger charge is -2.26. The normalized spacial score (nSPS) is 15.0. The van der Waals surface area contributed by atoms with Gasteiger partial charge in [-0.1, -0.05) is 17.7 Å². The van der Waals surface area contributed by atoms with Crippen LogP contribution in [0.3, 0.4) is 0 Å². The Morgan fingerprint density at radius 1 is 1.17 bits per heavy atom. The molecule has 2 aromatic rings. The SMILES string of the molecule is Cc1ccc(C)c(C(=O)COc2ccc(S(=O)(=O)N3CCOCC3)cc2[N+](=O)[O-])c1. The molecule has 3 rings (SSSR count). The van der Waals surface area contributed by atoms with Gasteiger partial charge in [0.05, 0.1) is 23.0 Å². The Morgan fingerprint density at radius 2 is 1.87 bits per heavy atom. The lowest BCUT2D eigenvalue weighted by Crippen LogP contribution is -2.40. The Bertz CT molecular complexity index is 1080. The van der Waals surface area contributed by atoms with Crippen molar-refractivity contribution in [2.24, 2.45) is 0 Å². The van der Waals surface area contributed by atoms with E-state index in [2.05, 4.69) is 0 Å². The number of nitro benzene ring substituents is 1. The molecule has 0 atom stereocenters. The predicted molar refractivity (Wildman–Crippen MR) is 108 cm³/mol. The van der Waals surface area contributed by atoms with Gasteiger partial charge in [0.15, 0.2) is 18.1 Å². The number of carbonyl (C=O) groups excluding carboxylic acids is 1. The number of aryl methyl sites for hydroxylation is 2. The molecule has 0 saturated carbocycles. The smallest absolute Gasteiger partial charge is 0.312 e. The van der Waals surface area contributed by atoms with Crippen LogP contribution in [0.25, 0.3) is 0 Å². The van der Waals surface area contributed by atoms with Crippen LogP contribution in [-0.2, 0) is 14.8 Å². The molecule has 0 bridgehead atoms. The van der Waals surface area contributed by atoms with Gasteiger partial charge < -0.3 is 9.47 Å². The lowest BCUT2D eigenvalue weighted by atomic mass is 10.0. The van der Waals surface area contributed by atoms with Crippen molar-refractivity contribution < 1.29 is 27.6 Å². The van der Waals surface area contributed by atoms with E-state index in [1.807, 2.05) is 19.1 Å². The Hall–Kier alpha value is -2.82. The monoisotopic (exact) mass is 434 g/mol. The second kappa shape index (κ2) is 8.90. The molecule has 0 aromatic heterocycles. The van der Waals surface area contributed by atoms with Crippen LogP contribution in [0.1, 0.15) is 21.5 Å². The van der Waals surface area contributed by atoms with Crippen molar-refractivity contribution in [3.05, 3.63) is 63.2 Å². The number of nitrogens with zero attached hydrogens (tertiary/aromatic N) is 2. The molecule has 0 amide bonds. The fourth-order valence-corrected chi connectivity index (χ4v) is 4.54. The molecule has 1 saturated heterocycles. The van der Waals surface area contributed by atoms with Crippen LogP contribution in [0, 0.1) is 24.0 Å². The van der Waals surface area contributed by atoms with Crippen LogP contribution in [0.4, 0.5) is 5.69 Å². The van der Waals surface area contributed by atoms with Crippen LogP contribution in [-0.4, -0.2) is 56.3 Å². The minimum absolute atomic E-state index is 0.167. The maximum Gasteiger partial charge on any atom is 0.312 e. The number of benzene rings is 2. The molecule has 160 valence electrons. The van der Waals surface area contributed by atoms with E-state index in [1.54, 1.807) is 13.0 Å². The summed E-state index contributed by atoms with van der Waals surface area (Å²) in [5.41, 5.74) is 1.64. The molecule has 2 aromatic carbocycles. The van der Waals surface area contributed by atoms with Gasteiger partial charge in [0, 0.05) is 24.7 Å². The Kier molecular flexibility index (Phi) is 6.49. The molecular weight excluding hydrogens is 412 g/mol. The second-order valence-corrected chi connectivity index (χ2v) is 8.87. The highest BCUT2D eigenvalue weighted by Crippen LogP contribution is 2.31. The van der Waals surface area contributed by atoms with Gasteiger partial charge in [-0.3, -0.25) is 14.9 Å². The highest BCUT2D eigenvalue weighted by atomic mass is 32.2. The zero-order valence-corrected chi connectivity index (χ0v) is 17.5. The minimum atomic E-state index is -3.89. The van der Waals surface area contributed by atoms with E-state index in [0.29, 0.717) is 5.56 Å². The maximum atomic E-state index is 12.7. The number of ketones is 1. The van der Waals surface area contributed by atoms with Crippen molar-refractivity contribution in [2.75, 3.05) is 32.9 Å². The highest BCUT2D eigenvalue weighted by Gasteiger charge is 2.29. The lowest BCUT2D eigenvalue weighted by molar-refractivity contribution is -0.386. The average molecular weight is 434 g/mol. The van der Waals surface area contributed by atoms with Gasteiger partial charge in [-0.25, -0.2) is 8.42 Å². The fourth-order valence-electron chi connectivity index (χ4n) is 3.12. The summed E-state index contributed by atoms with van der Waals surface area (Å²) in [5.74, 6) is -0.491. The van der Waals surface area contributed by atoms with Crippen molar-refractivity contribution in [3.63, 3.8) is 0 Å². The van der Waals surface area contributed by atoms with Crippen molar-refractivity contribution in [2.45, 2.75) is 18.7 Å². The van der Waals surface area contributed by atoms with Crippen LogP contribution < -0.4 is 4.74 Å². The third-order valence-electron chi connectivity index (χ3n) is 4.79. The molecule has 0 unspecified atom stereocenters. The van der Waals surface area contributed by atoms with Gasteiger partial charge in [-0.05, 0) is 37.6 Å². The van der Waals surface area contributed by atoms with E-state index in [4.69, 9.17) is 9.47 Å². The van der Waals surface area contributed by atoms with E-state index in [0.717, 1.165) is 17.2 Å². The third kappa shape index (κ3) is 4.66. The van der Waals surface area contributed by atoms with Crippen LogP contribution in [0.15, 0.2) is 41.3 Å². The largest absolute Gasteiger partial charge is 0.478 e. The van der Waals surface area contributed by atoms with Crippen molar-refractivity contribution in [1.82, 2.24) is 4.31 Å². The summed E-state index contributed by atoms with van der Waals surface area (Å²) in [5, 5.41) is 11.5. The summed E-state index contributed by atoms with van der Waals surface area (Å²) in [7, 11) is -3.89. The number of carbonyl (C=O) groups is 1. The summed E-state index contributed by atoms with van der Waals surface area (Å²) in [6, 6.07) is 8.84. The number of hydrogen-bond acceptors (Lipinski definition) is 7. The first-order valence-electron chi connectivity index (χ1n) is 9.30. The summed E-state index contributed by atoms with van der Waals surface area (Å²) in [4.78, 5) is 23.1. The number of ether oxygens (including phenoxy) is 2. The number of sulfonamides is 1. The van der Waals surface area contributed by atoms with Gasteiger partial charge in [0.2, 0.25) is 10.0 Å². The fraction of sp³-hybridized carbons (Fsp3) is 0.350. The topological polar surface area (TPSA) is 116 Å². The molecule has 1 fully saturated rings. The molecular formula is C20H22N2O7S. The van der Waals surface area contributed by atoms with Crippen LogP contribution in [0.2, 0.25) is 0 Å². The van der Waals surface area contributed by atoms with Crippen molar-refractivity contribution >= 4 is 21.5 Å². The van der Waals surface area contributed by atoms with Crippen molar-refractivity contribution in [1.29, 1.82) is 0 Å². The average Bonchev–Trinajstić information content (AvgIpc) is 2.74. The molecule has 30 heavy (non-hydrogen) atoms. The maximum absolute atomic E-state index is 12.7. The standard InChI is InChI=1S/C20H22N2O7S/c1-14-3-4-15(2)17(11-14)19(23)13-29-20-6-5-16(12-18(20)22(24)25)30(26,27)21-7-9-28-10-8-21/h3-6,11-12H,7-10,13H2,1-2H3. The van der Waals surface area contributed by atoms with Crippen LogP contribution in [0.5, 0.6) is 5.75 Å². The number of Topliss-reactive ketones (excluding diaryl/α,β-unsaturated/α-hetero) is 1. The van der Waals surface area contributed by atoms with Gasteiger partial charge in [-0.2, -0.15) is 4.31 Å². The number of nitro groups is 1. The van der Waals surface area contributed by atoms with E-state index < -0.39 is 27.2 Å². The molecule has 0 N–H and O–H groups in total. The molecule has 1 aliphatic heterocycles. The zero-order valence-electron chi connectivity index (χ0n) is 16.7. The predicted octanol–water partition coefficient (Wildman–Crippen LogP) is 2.49.